The third kappa shape index (κ3) is 4.23. The maximum absolute atomic E-state index is 12.1. The number of nitriles is 2. The van der Waals surface area contributed by atoms with E-state index in [1.54, 1.807) is 24.3 Å². The van der Waals surface area contributed by atoms with Gasteiger partial charge in [0.2, 0.25) is 0 Å². The van der Waals surface area contributed by atoms with E-state index in [4.69, 9.17) is 10.5 Å². The normalized spacial score (nSPS) is 13.2. The Balaban J connectivity index is 1.55. The number of benzene rings is 2. The zero-order valence-electron chi connectivity index (χ0n) is 18.7. The predicted octanol–water partition coefficient (Wildman–Crippen LogP) is 4.71. The van der Waals surface area contributed by atoms with E-state index in [2.05, 4.69) is 22.4 Å². The first-order valence-electron chi connectivity index (χ1n) is 10.5. The van der Waals surface area contributed by atoms with Gasteiger partial charge in [0.25, 0.3) is 5.91 Å². The molecule has 166 valence electrons. The van der Waals surface area contributed by atoms with Crippen molar-refractivity contribution in [2.24, 2.45) is 0 Å². The Hall–Kier alpha value is -4.88. The number of nitrogens with one attached hydrogen (secondary N) is 1. The molecule has 0 fully saturated rings. The van der Waals surface area contributed by atoms with Crippen molar-refractivity contribution in [3.63, 3.8) is 0 Å². The van der Waals surface area contributed by atoms with E-state index in [1.807, 2.05) is 50.3 Å². The van der Waals surface area contributed by atoms with E-state index in [0.717, 1.165) is 22.3 Å². The van der Waals surface area contributed by atoms with E-state index in [1.165, 1.54) is 0 Å². The average molecular weight is 447 g/mol. The van der Waals surface area contributed by atoms with Crippen molar-refractivity contribution >= 4 is 34.6 Å². The SMILES string of the molecule is CC1=C(C#N)c2nc(N)c(C#N)c(C)c2/C1=C/c1ccc(OCC(=O)Nc2ccccc2)cc1. The van der Waals surface area contributed by atoms with Gasteiger partial charge in [0.1, 0.15) is 23.7 Å². The van der Waals surface area contributed by atoms with Crippen molar-refractivity contribution in [2.45, 2.75) is 13.8 Å². The predicted molar refractivity (Wildman–Crippen MR) is 131 cm³/mol. The number of nitrogens with two attached hydrogens (primary N) is 1. The van der Waals surface area contributed by atoms with E-state index in [0.29, 0.717) is 33.8 Å². The minimum absolute atomic E-state index is 0.112. The summed E-state index contributed by atoms with van der Waals surface area (Å²) < 4.78 is 5.59. The summed E-state index contributed by atoms with van der Waals surface area (Å²) in [5, 5.41) is 21.9. The lowest BCUT2D eigenvalue weighted by atomic mass is 9.95. The lowest BCUT2D eigenvalue weighted by Crippen LogP contribution is -2.20. The first-order chi connectivity index (χ1) is 16.4. The van der Waals surface area contributed by atoms with Crippen LogP contribution in [0.5, 0.6) is 5.75 Å². The summed E-state index contributed by atoms with van der Waals surface area (Å²) in [7, 11) is 0. The molecule has 1 heterocycles. The number of hydrogen-bond acceptors (Lipinski definition) is 6. The summed E-state index contributed by atoms with van der Waals surface area (Å²) in [6.07, 6.45) is 1.94. The number of para-hydroxylation sites is 1. The molecule has 0 radical (unpaired) electrons. The summed E-state index contributed by atoms with van der Waals surface area (Å²) in [6.45, 7) is 3.56. The van der Waals surface area contributed by atoms with Gasteiger partial charge in [0, 0.05) is 11.3 Å². The van der Waals surface area contributed by atoms with E-state index in [-0.39, 0.29) is 18.3 Å². The lowest BCUT2D eigenvalue weighted by Gasteiger charge is -2.11. The zero-order chi connectivity index (χ0) is 24.2. The molecule has 7 heteroatoms. The van der Waals surface area contributed by atoms with Gasteiger partial charge in [0.05, 0.1) is 16.8 Å². The first kappa shape index (κ1) is 22.3. The van der Waals surface area contributed by atoms with Crippen LogP contribution >= 0.6 is 0 Å². The summed E-state index contributed by atoms with van der Waals surface area (Å²) in [5.41, 5.74) is 11.8. The minimum atomic E-state index is -0.250. The van der Waals surface area contributed by atoms with Crippen LogP contribution in [0.25, 0.3) is 17.2 Å². The van der Waals surface area contributed by atoms with Gasteiger partial charge in [0.15, 0.2) is 6.61 Å². The number of allylic oxidation sites excluding steroid dienone is 3. The quantitative estimate of drug-likeness (QED) is 0.583. The number of pyridine rings is 1. The van der Waals surface area contributed by atoms with Crippen LogP contribution in [0.1, 0.15) is 34.9 Å². The second-order valence-electron chi connectivity index (χ2n) is 7.77. The molecule has 0 saturated carbocycles. The van der Waals surface area contributed by atoms with Crippen LogP contribution in [0.4, 0.5) is 11.5 Å². The second-order valence-corrected chi connectivity index (χ2v) is 7.77. The van der Waals surface area contributed by atoms with Crippen LogP contribution in [-0.2, 0) is 4.79 Å². The van der Waals surface area contributed by atoms with Gasteiger partial charge in [-0.2, -0.15) is 10.5 Å². The first-order valence-corrected chi connectivity index (χ1v) is 10.5. The van der Waals surface area contributed by atoms with Crippen LogP contribution in [-0.4, -0.2) is 17.5 Å². The van der Waals surface area contributed by atoms with Crippen LogP contribution in [0, 0.1) is 29.6 Å². The number of carbonyl (C=O) groups excluding carboxylic acids is 1. The largest absolute Gasteiger partial charge is 0.484 e. The molecule has 34 heavy (non-hydrogen) atoms. The summed E-state index contributed by atoms with van der Waals surface area (Å²) in [5.74, 6) is 0.429. The van der Waals surface area contributed by atoms with Gasteiger partial charge in [-0.3, -0.25) is 4.79 Å². The number of amides is 1. The number of fused-ring (bicyclic) bond motifs is 1. The number of aromatic nitrogens is 1. The van der Waals surface area contributed by atoms with Crippen molar-refractivity contribution in [2.75, 3.05) is 17.7 Å². The average Bonchev–Trinajstić information content (AvgIpc) is 3.09. The van der Waals surface area contributed by atoms with Gasteiger partial charge in [-0.25, -0.2) is 4.98 Å². The topological polar surface area (TPSA) is 125 Å². The number of rotatable bonds is 5. The molecule has 7 nitrogen and oxygen atoms in total. The zero-order valence-corrected chi connectivity index (χ0v) is 18.7. The number of carbonyl (C=O) groups is 1. The Morgan fingerprint density at radius 1 is 1.09 bits per heavy atom. The second kappa shape index (κ2) is 9.32. The molecular formula is C27H21N5O2. The van der Waals surface area contributed by atoms with Crippen molar-refractivity contribution in [1.29, 1.82) is 10.5 Å². The number of anilines is 2. The highest BCUT2D eigenvalue weighted by molar-refractivity contribution is 6.08. The molecule has 0 atom stereocenters. The molecule has 1 aliphatic carbocycles. The van der Waals surface area contributed by atoms with E-state index in [9.17, 15) is 15.3 Å². The summed E-state index contributed by atoms with van der Waals surface area (Å²) in [6, 6.07) is 20.8. The lowest BCUT2D eigenvalue weighted by molar-refractivity contribution is -0.118. The summed E-state index contributed by atoms with van der Waals surface area (Å²) >= 11 is 0. The van der Waals surface area contributed by atoms with Crippen LogP contribution in [0.2, 0.25) is 0 Å². The third-order valence-electron chi connectivity index (χ3n) is 5.60. The van der Waals surface area contributed by atoms with Gasteiger partial charge in [-0.1, -0.05) is 30.3 Å². The molecule has 3 N–H and O–H groups in total. The number of nitrogens with zero attached hydrogens (tertiary/aromatic N) is 3. The summed E-state index contributed by atoms with van der Waals surface area (Å²) in [4.78, 5) is 16.4. The Bertz CT molecular complexity index is 1420. The fraction of sp³-hybridized carbons (Fsp3) is 0.111. The van der Waals surface area contributed by atoms with Crippen molar-refractivity contribution in [1.82, 2.24) is 4.98 Å². The molecule has 1 aromatic heterocycles. The van der Waals surface area contributed by atoms with Crippen molar-refractivity contribution in [3.8, 4) is 17.9 Å². The van der Waals surface area contributed by atoms with E-state index >= 15 is 0 Å². The fourth-order valence-corrected chi connectivity index (χ4v) is 3.89. The standard InChI is InChI=1S/C27H21N5O2/c1-16-21(25-17(2)23(14-29)27(30)32-26(25)22(16)13-28)12-18-8-10-20(11-9-18)34-15-24(33)31-19-6-4-3-5-7-19/h3-12H,15H2,1-2H3,(H2,30,32)(H,31,33)/b21-12+. The smallest absolute Gasteiger partial charge is 0.262 e. The Morgan fingerprint density at radius 3 is 2.44 bits per heavy atom. The van der Waals surface area contributed by atoms with Crippen molar-refractivity contribution in [3.05, 3.63) is 88.1 Å². The molecule has 0 unspecified atom stereocenters. The molecular weight excluding hydrogens is 426 g/mol. The Morgan fingerprint density at radius 2 is 1.79 bits per heavy atom. The molecule has 0 saturated heterocycles. The molecule has 3 aromatic rings. The minimum Gasteiger partial charge on any atom is -0.484 e. The molecule has 0 aliphatic heterocycles. The van der Waals surface area contributed by atoms with E-state index < -0.39 is 0 Å². The molecule has 0 spiro atoms. The highest BCUT2D eigenvalue weighted by Gasteiger charge is 2.29. The van der Waals surface area contributed by atoms with Crippen molar-refractivity contribution < 1.29 is 9.53 Å². The number of nitrogen functional groups attached to an aromatic ring is 1. The van der Waals surface area contributed by atoms with Crippen LogP contribution in [0.15, 0.2) is 60.2 Å². The van der Waals surface area contributed by atoms with Crippen LogP contribution < -0.4 is 15.8 Å². The molecule has 0 bridgehead atoms. The highest BCUT2D eigenvalue weighted by atomic mass is 16.5. The third-order valence-corrected chi connectivity index (χ3v) is 5.60. The molecule has 4 rings (SSSR count). The number of hydrogen-bond donors (Lipinski definition) is 2. The number of ether oxygens (including phenoxy) is 1. The maximum Gasteiger partial charge on any atom is 0.262 e. The van der Waals surface area contributed by atoms with Gasteiger partial charge in [-0.05, 0) is 66.5 Å². The Labute approximate surface area is 197 Å². The van der Waals surface area contributed by atoms with Crippen LogP contribution in [0.3, 0.4) is 0 Å². The van der Waals surface area contributed by atoms with Gasteiger partial charge < -0.3 is 15.8 Å². The molecule has 2 aromatic carbocycles. The highest BCUT2D eigenvalue weighted by Crippen LogP contribution is 2.44. The van der Waals surface area contributed by atoms with Gasteiger partial charge in [-0.15, -0.1) is 0 Å². The van der Waals surface area contributed by atoms with Gasteiger partial charge >= 0.3 is 0 Å². The monoisotopic (exact) mass is 447 g/mol. The molecule has 1 aliphatic rings. The Kier molecular flexibility index (Phi) is 6.11. The fourth-order valence-electron chi connectivity index (χ4n) is 3.89. The maximum atomic E-state index is 12.1. The molecule has 1 amide bonds.